The molecule has 1 aliphatic heterocycles. The van der Waals surface area contributed by atoms with Crippen molar-refractivity contribution in [2.75, 3.05) is 26.7 Å². The van der Waals surface area contributed by atoms with Crippen molar-refractivity contribution in [1.29, 1.82) is 0 Å². The van der Waals surface area contributed by atoms with Crippen molar-refractivity contribution in [3.8, 4) is 0 Å². The number of rotatable bonds is 5. The highest BCUT2D eigenvalue weighted by atomic mass is 15.1. The normalized spacial score (nSPS) is 24.6. The Morgan fingerprint density at radius 1 is 1.06 bits per heavy atom. The van der Waals surface area contributed by atoms with Crippen LogP contribution >= 0.6 is 0 Å². The Hall–Kier alpha value is -0.860. The second kappa shape index (κ2) is 6.35. The summed E-state index contributed by atoms with van der Waals surface area (Å²) in [5.74, 6) is 1.69. The molecule has 2 rings (SSSR count). The van der Waals surface area contributed by atoms with E-state index in [1.807, 2.05) is 7.05 Å². The van der Waals surface area contributed by atoms with Gasteiger partial charge in [-0.2, -0.15) is 0 Å². The van der Waals surface area contributed by atoms with Gasteiger partial charge in [0.15, 0.2) is 0 Å². The standard InChI is InChI=1S/C16H26N2/c1-13-10-18(11-14(13)2)12-16-6-4-15(5-7-16)8-9-17-3/h4-7,13-14,17H,8-12H2,1-3H3. The second-order valence-corrected chi connectivity index (χ2v) is 5.82. The first kappa shape index (κ1) is 13.6. The predicted octanol–water partition coefficient (Wildman–Crippen LogP) is 2.54. The summed E-state index contributed by atoms with van der Waals surface area (Å²) in [6.45, 7) is 9.41. The third-order valence-corrected chi connectivity index (χ3v) is 4.16. The van der Waals surface area contributed by atoms with Crippen molar-refractivity contribution in [1.82, 2.24) is 10.2 Å². The number of nitrogens with one attached hydrogen (secondary N) is 1. The molecule has 0 radical (unpaired) electrons. The Kier molecular flexibility index (Phi) is 4.79. The van der Waals surface area contributed by atoms with Crippen molar-refractivity contribution >= 4 is 0 Å². The number of likely N-dealkylation sites (tertiary alicyclic amines) is 1. The van der Waals surface area contributed by atoms with E-state index in [4.69, 9.17) is 0 Å². The Balaban J connectivity index is 1.86. The van der Waals surface area contributed by atoms with Gasteiger partial charge >= 0.3 is 0 Å². The molecule has 1 aromatic rings. The van der Waals surface area contributed by atoms with Gasteiger partial charge in [-0.05, 0) is 43.0 Å². The SMILES string of the molecule is CNCCc1ccc(CN2CC(C)C(C)C2)cc1. The summed E-state index contributed by atoms with van der Waals surface area (Å²) in [7, 11) is 2.00. The van der Waals surface area contributed by atoms with Gasteiger partial charge in [-0.25, -0.2) is 0 Å². The molecule has 1 heterocycles. The summed E-state index contributed by atoms with van der Waals surface area (Å²) in [4.78, 5) is 2.58. The Morgan fingerprint density at radius 3 is 2.17 bits per heavy atom. The smallest absolute Gasteiger partial charge is 0.0233 e. The summed E-state index contributed by atoms with van der Waals surface area (Å²) >= 11 is 0. The minimum atomic E-state index is 0.847. The van der Waals surface area contributed by atoms with Gasteiger partial charge in [0.1, 0.15) is 0 Å². The summed E-state index contributed by atoms with van der Waals surface area (Å²) in [5, 5.41) is 3.19. The molecule has 1 aliphatic rings. The molecule has 2 heteroatoms. The monoisotopic (exact) mass is 246 g/mol. The first-order valence-electron chi connectivity index (χ1n) is 7.14. The molecule has 1 N–H and O–H groups in total. The molecule has 1 fully saturated rings. The molecule has 100 valence electrons. The fourth-order valence-corrected chi connectivity index (χ4v) is 2.72. The lowest BCUT2D eigenvalue weighted by Gasteiger charge is -2.15. The van der Waals surface area contributed by atoms with Gasteiger partial charge in [-0.15, -0.1) is 0 Å². The minimum Gasteiger partial charge on any atom is -0.319 e. The van der Waals surface area contributed by atoms with Crippen LogP contribution in [-0.4, -0.2) is 31.6 Å². The van der Waals surface area contributed by atoms with Gasteiger partial charge < -0.3 is 5.32 Å². The summed E-state index contributed by atoms with van der Waals surface area (Å²) in [6.07, 6.45) is 1.12. The maximum absolute atomic E-state index is 3.19. The van der Waals surface area contributed by atoms with E-state index >= 15 is 0 Å². The zero-order valence-corrected chi connectivity index (χ0v) is 11.9. The lowest BCUT2D eigenvalue weighted by atomic mass is 10.0. The van der Waals surface area contributed by atoms with Crippen LogP contribution in [0.2, 0.25) is 0 Å². The molecule has 0 spiro atoms. The lowest BCUT2D eigenvalue weighted by molar-refractivity contribution is 0.316. The van der Waals surface area contributed by atoms with Gasteiger partial charge in [-0.1, -0.05) is 38.1 Å². The van der Waals surface area contributed by atoms with Crippen molar-refractivity contribution in [3.63, 3.8) is 0 Å². The molecule has 0 saturated carbocycles. The van der Waals surface area contributed by atoms with E-state index in [1.54, 1.807) is 0 Å². The topological polar surface area (TPSA) is 15.3 Å². The van der Waals surface area contributed by atoms with E-state index < -0.39 is 0 Å². The number of nitrogens with zero attached hydrogens (tertiary/aromatic N) is 1. The van der Waals surface area contributed by atoms with Crippen LogP contribution < -0.4 is 5.32 Å². The fourth-order valence-electron chi connectivity index (χ4n) is 2.72. The van der Waals surface area contributed by atoms with E-state index in [9.17, 15) is 0 Å². The Labute approximate surface area is 111 Å². The summed E-state index contributed by atoms with van der Waals surface area (Å²) in [5.41, 5.74) is 2.88. The Bertz CT molecular complexity index is 348. The minimum absolute atomic E-state index is 0.847. The maximum Gasteiger partial charge on any atom is 0.0233 e. The van der Waals surface area contributed by atoms with Crippen molar-refractivity contribution in [3.05, 3.63) is 35.4 Å². The van der Waals surface area contributed by atoms with E-state index in [1.165, 1.54) is 24.2 Å². The van der Waals surface area contributed by atoms with Crippen LogP contribution in [0.3, 0.4) is 0 Å². The zero-order valence-electron chi connectivity index (χ0n) is 11.9. The molecule has 18 heavy (non-hydrogen) atoms. The quantitative estimate of drug-likeness (QED) is 0.859. The van der Waals surface area contributed by atoms with Crippen LogP contribution in [0, 0.1) is 11.8 Å². The van der Waals surface area contributed by atoms with Crippen LogP contribution in [0.1, 0.15) is 25.0 Å². The van der Waals surface area contributed by atoms with Gasteiger partial charge in [0.25, 0.3) is 0 Å². The first-order chi connectivity index (χ1) is 8.69. The van der Waals surface area contributed by atoms with Crippen LogP contribution in [0.4, 0.5) is 0 Å². The van der Waals surface area contributed by atoms with Gasteiger partial charge in [0, 0.05) is 19.6 Å². The fraction of sp³-hybridized carbons (Fsp3) is 0.625. The zero-order chi connectivity index (χ0) is 13.0. The molecular formula is C16H26N2. The number of hydrogen-bond acceptors (Lipinski definition) is 2. The number of hydrogen-bond donors (Lipinski definition) is 1. The predicted molar refractivity (Wildman–Crippen MR) is 77.7 cm³/mol. The third-order valence-electron chi connectivity index (χ3n) is 4.16. The van der Waals surface area contributed by atoms with E-state index in [0.29, 0.717) is 0 Å². The van der Waals surface area contributed by atoms with Gasteiger partial charge in [-0.3, -0.25) is 4.90 Å². The van der Waals surface area contributed by atoms with Gasteiger partial charge in [0.2, 0.25) is 0 Å². The van der Waals surface area contributed by atoms with Crippen LogP contribution in [0.5, 0.6) is 0 Å². The van der Waals surface area contributed by atoms with Crippen LogP contribution in [0.15, 0.2) is 24.3 Å². The average molecular weight is 246 g/mol. The molecular weight excluding hydrogens is 220 g/mol. The second-order valence-electron chi connectivity index (χ2n) is 5.82. The maximum atomic E-state index is 3.19. The lowest BCUT2D eigenvalue weighted by Crippen LogP contribution is -2.20. The molecule has 0 bridgehead atoms. The van der Waals surface area contributed by atoms with Crippen LogP contribution in [0.25, 0.3) is 0 Å². The molecule has 0 amide bonds. The highest BCUT2D eigenvalue weighted by Crippen LogP contribution is 2.23. The van der Waals surface area contributed by atoms with Gasteiger partial charge in [0.05, 0.1) is 0 Å². The molecule has 1 aromatic carbocycles. The highest BCUT2D eigenvalue weighted by Gasteiger charge is 2.25. The summed E-state index contributed by atoms with van der Waals surface area (Å²) in [6, 6.07) is 9.13. The Morgan fingerprint density at radius 2 is 1.61 bits per heavy atom. The van der Waals surface area contributed by atoms with E-state index in [0.717, 1.165) is 31.3 Å². The number of benzene rings is 1. The summed E-state index contributed by atoms with van der Waals surface area (Å²) < 4.78 is 0. The molecule has 2 nitrogen and oxygen atoms in total. The van der Waals surface area contributed by atoms with Crippen molar-refractivity contribution in [2.24, 2.45) is 11.8 Å². The largest absolute Gasteiger partial charge is 0.319 e. The average Bonchev–Trinajstić information content (AvgIpc) is 2.67. The molecule has 0 aromatic heterocycles. The highest BCUT2D eigenvalue weighted by molar-refractivity contribution is 5.22. The van der Waals surface area contributed by atoms with E-state index in [-0.39, 0.29) is 0 Å². The van der Waals surface area contributed by atoms with Crippen molar-refractivity contribution < 1.29 is 0 Å². The first-order valence-corrected chi connectivity index (χ1v) is 7.14. The number of likely N-dealkylation sites (N-methyl/N-ethyl adjacent to an activating group) is 1. The van der Waals surface area contributed by atoms with E-state index in [2.05, 4.69) is 48.3 Å². The van der Waals surface area contributed by atoms with Crippen molar-refractivity contribution in [2.45, 2.75) is 26.8 Å². The molecule has 2 atom stereocenters. The molecule has 2 unspecified atom stereocenters. The third kappa shape index (κ3) is 3.56. The van der Waals surface area contributed by atoms with Crippen LogP contribution in [-0.2, 0) is 13.0 Å². The molecule has 1 saturated heterocycles. The molecule has 0 aliphatic carbocycles.